The van der Waals surface area contributed by atoms with E-state index in [1.54, 1.807) is 18.2 Å². The molecule has 0 spiro atoms. The molecule has 2 aromatic rings. The highest BCUT2D eigenvalue weighted by Crippen LogP contribution is 2.18. The van der Waals surface area contributed by atoms with Crippen molar-refractivity contribution in [1.82, 2.24) is 5.16 Å². The van der Waals surface area contributed by atoms with Gasteiger partial charge in [0.15, 0.2) is 5.58 Å². The van der Waals surface area contributed by atoms with Gasteiger partial charge < -0.3 is 9.63 Å². The van der Waals surface area contributed by atoms with Crippen LogP contribution in [0.5, 0.6) is 0 Å². The van der Waals surface area contributed by atoms with Crippen LogP contribution in [-0.4, -0.2) is 16.2 Å². The van der Waals surface area contributed by atoms with Gasteiger partial charge in [-0.1, -0.05) is 17.3 Å². The van der Waals surface area contributed by atoms with Crippen molar-refractivity contribution in [3.63, 3.8) is 0 Å². The SMILES string of the molecule is O=C(O)Cc1cccc2oncc12. The van der Waals surface area contributed by atoms with E-state index in [0.717, 1.165) is 10.9 Å². The van der Waals surface area contributed by atoms with Gasteiger partial charge in [0, 0.05) is 5.39 Å². The number of carboxylic acid groups (broad SMARTS) is 1. The van der Waals surface area contributed by atoms with Crippen molar-refractivity contribution in [3.8, 4) is 0 Å². The third-order valence-electron chi connectivity index (χ3n) is 1.83. The topological polar surface area (TPSA) is 63.3 Å². The quantitative estimate of drug-likeness (QED) is 0.754. The number of nitrogens with zero attached hydrogens (tertiary/aromatic N) is 1. The summed E-state index contributed by atoms with van der Waals surface area (Å²) in [5, 5.41) is 13.0. The molecule has 66 valence electrons. The normalized spacial score (nSPS) is 10.5. The predicted molar refractivity (Wildman–Crippen MR) is 45.3 cm³/mol. The van der Waals surface area contributed by atoms with E-state index in [1.807, 2.05) is 0 Å². The lowest BCUT2D eigenvalue weighted by molar-refractivity contribution is -0.136. The molecule has 0 fully saturated rings. The van der Waals surface area contributed by atoms with Gasteiger partial charge in [-0.15, -0.1) is 0 Å². The minimum Gasteiger partial charge on any atom is -0.481 e. The van der Waals surface area contributed by atoms with E-state index in [-0.39, 0.29) is 6.42 Å². The average molecular weight is 177 g/mol. The van der Waals surface area contributed by atoms with Gasteiger partial charge in [0.1, 0.15) is 0 Å². The minimum atomic E-state index is -0.853. The van der Waals surface area contributed by atoms with Gasteiger partial charge in [0.25, 0.3) is 0 Å². The van der Waals surface area contributed by atoms with Gasteiger partial charge in [-0.25, -0.2) is 0 Å². The number of fused-ring (bicyclic) bond motifs is 1. The number of hydrogen-bond donors (Lipinski definition) is 1. The first-order valence-corrected chi connectivity index (χ1v) is 3.81. The molecular formula is C9H7NO3. The summed E-state index contributed by atoms with van der Waals surface area (Å²) in [5.74, 6) is -0.853. The first-order valence-electron chi connectivity index (χ1n) is 3.81. The minimum absolute atomic E-state index is 0.00144. The molecule has 0 radical (unpaired) electrons. The summed E-state index contributed by atoms with van der Waals surface area (Å²) in [4.78, 5) is 10.5. The van der Waals surface area contributed by atoms with Crippen LogP contribution in [0, 0.1) is 0 Å². The Balaban J connectivity index is 2.54. The van der Waals surface area contributed by atoms with Crippen LogP contribution in [0.25, 0.3) is 11.0 Å². The Hall–Kier alpha value is -1.84. The van der Waals surface area contributed by atoms with Crippen molar-refractivity contribution in [1.29, 1.82) is 0 Å². The fourth-order valence-corrected chi connectivity index (χ4v) is 1.27. The van der Waals surface area contributed by atoms with Crippen LogP contribution in [0.2, 0.25) is 0 Å². The lowest BCUT2D eigenvalue weighted by atomic mass is 10.1. The van der Waals surface area contributed by atoms with Crippen molar-refractivity contribution < 1.29 is 14.4 Å². The summed E-state index contributed by atoms with van der Waals surface area (Å²) in [6.07, 6.45) is 1.53. The van der Waals surface area contributed by atoms with Gasteiger partial charge in [-0.2, -0.15) is 0 Å². The molecule has 4 nitrogen and oxygen atoms in total. The summed E-state index contributed by atoms with van der Waals surface area (Å²) in [6.45, 7) is 0. The van der Waals surface area contributed by atoms with Crippen molar-refractivity contribution in [2.45, 2.75) is 6.42 Å². The highest BCUT2D eigenvalue weighted by molar-refractivity contribution is 5.84. The zero-order valence-corrected chi connectivity index (χ0v) is 6.73. The Labute approximate surface area is 73.8 Å². The molecule has 0 bridgehead atoms. The maximum atomic E-state index is 10.5. The largest absolute Gasteiger partial charge is 0.481 e. The molecular weight excluding hydrogens is 170 g/mol. The number of aliphatic carboxylic acids is 1. The fraction of sp³-hybridized carbons (Fsp3) is 0.111. The summed E-state index contributed by atoms with van der Waals surface area (Å²) in [5.41, 5.74) is 1.35. The molecule has 0 saturated carbocycles. The van der Waals surface area contributed by atoms with Crippen molar-refractivity contribution in [3.05, 3.63) is 30.0 Å². The Morgan fingerprint density at radius 1 is 1.54 bits per heavy atom. The van der Waals surface area contributed by atoms with Crippen LogP contribution in [-0.2, 0) is 11.2 Å². The number of hydrogen-bond acceptors (Lipinski definition) is 3. The van der Waals surface area contributed by atoms with Crippen LogP contribution in [0.4, 0.5) is 0 Å². The Bertz CT molecular complexity index is 447. The predicted octanol–water partition coefficient (Wildman–Crippen LogP) is 1.45. The van der Waals surface area contributed by atoms with Gasteiger partial charge >= 0.3 is 5.97 Å². The van der Waals surface area contributed by atoms with E-state index in [9.17, 15) is 4.79 Å². The summed E-state index contributed by atoms with van der Waals surface area (Å²) in [7, 11) is 0. The van der Waals surface area contributed by atoms with Gasteiger partial charge in [-0.05, 0) is 11.6 Å². The molecule has 0 aliphatic heterocycles. The zero-order valence-electron chi connectivity index (χ0n) is 6.73. The maximum absolute atomic E-state index is 10.5. The van der Waals surface area contributed by atoms with E-state index in [0.29, 0.717) is 5.58 Å². The number of aromatic nitrogens is 1. The number of rotatable bonds is 2. The fourth-order valence-electron chi connectivity index (χ4n) is 1.27. The molecule has 1 aromatic carbocycles. The van der Waals surface area contributed by atoms with E-state index in [4.69, 9.17) is 9.63 Å². The molecule has 0 aliphatic rings. The zero-order chi connectivity index (χ0) is 9.26. The second-order valence-electron chi connectivity index (χ2n) is 2.73. The van der Waals surface area contributed by atoms with Crippen LogP contribution in [0.3, 0.4) is 0 Å². The third-order valence-corrected chi connectivity index (χ3v) is 1.83. The summed E-state index contributed by atoms with van der Waals surface area (Å²) in [6, 6.07) is 5.27. The molecule has 0 amide bonds. The molecule has 0 aliphatic carbocycles. The Kier molecular flexibility index (Phi) is 1.73. The Morgan fingerprint density at radius 3 is 3.15 bits per heavy atom. The van der Waals surface area contributed by atoms with E-state index in [2.05, 4.69) is 5.16 Å². The first-order chi connectivity index (χ1) is 6.27. The molecule has 0 unspecified atom stereocenters. The number of carboxylic acids is 1. The molecule has 0 atom stereocenters. The molecule has 1 N–H and O–H groups in total. The molecule has 1 heterocycles. The average Bonchev–Trinajstić information content (AvgIpc) is 2.51. The molecule has 4 heteroatoms. The smallest absolute Gasteiger partial charge is 0.307 e. The lowest BCUT2D eigenvalue weighted by Crippen LogP contribution is -1.99. The number of carbonyl (C=O) groups is 1. The molecule has 0 saturated heterocycles. The van der Waals surface area contributed by atoms with E-state index in [1.165, 1.54) is 6.20 Å². The molecule has 1 aromatic heterocycles. The van der Waals surface area contributed by atoms with E-state index < -0.39 is 5.97 Å². The van der Waals surface area contributed by atoms with Crippen LogP contribution >= 0.6 is 0 Å². The summed E-state index contributed by atoms with van der Waals surface area (Å²) >= 11 is 0. The van der Waals surface area contributed by atoms with Crippen LogP contribution < -0.4 is 0 Å². The lowest BCUT2D eigenvalue weighted by Gasteiger charge is -1.96. The van der Waals surface area contributed by atoms with Crippen LogP contribution in [0.1, 0.15) is 5.56 Å². The third kappa shape index (κ3) is 1.38. The highest BCUT2D eigenvalue weighted by atomic mass is 16.5. The van der Waals surface area contributed by atoms with Gasteiger partial charge in [0.2, 0.25) is 0 Å². The Morgan fingerprint density at radius 2 is 2.38 bits per heavy atom. The standard InChI is InChI=1S/C9H7NO3/c11-9(12)4-6-2-1-3-8-7(6)5-10-13-8/h1-3,5H,4H2,(H,11,12). The van der Waals surface area contributed by atoms with Gasteiger partial charge in [0.05, 0.1) is 12.6 Å². The van der Waals surface area contributed by atoms with Crippen LogP contribution in [0.15, 0.2) is 28.9 Å². The summed E-state index contributed by atoms with van der Waals surface area (Å²) < 4.78 is 4.90. The second-order valence-corrected chi connectivity index (χ2v) is 2.73. The molecule has 2 rings (SSSR count). The van der Waals surface area contributed by atoms with Crippen molar-refractivity contribution in [2.24, 2.45) is 0 Å². The first kappa shape index (κ1) is 7.79. The second kappa shape index (κ2) is 2.90. The van der Waals surface area contributed by atoms with E-state index >= 15 is 0 Å². The van der Waals surface area contributed by atoms with Crippen molar-refractivity contribution >= 4 is 16.9 Å². The van der Waals surface area contributed by atoms with Gasteiger partial charge in [-0.3, -0.25) is 4.79 Å². The number of benzene rings is 1. The molecule has 13 heavy (non-hydrogen) atoms. The maximum Gasteiger partial charge on any atom is 0.307 e. The van der Waals surface area contributed by atoms with Crippen molar-refractivity contribution in [2.75, 3.05) is 0 Å². The monoisotopic (exact) mass is 177 g/mol. The highest BCUT2D eigenvalue weighted by Gasteiger charge is 2.07.